The van der Waals surface area contributed by atoms with E-state index in [1.165, 1.54) is 27.7 Å². The van der Waals surface area contributed by atoms with Gasteiger partial charge in [-0.25, -0.2) is 14.3 Å². The van der Waals surface area contributed by atoms with E-state index in [0.717, 1.165) is 9.46 Å². The smallest absolute Gasteiger partial charge is 0.324 e. The first-order chi connectivity index (χ1) is 15.0. The maximum absolute atomic E-state index is 13.3. The number of carbonyl (C=O) groups is 1. The lowest BCUT2D eigenvalue weighted by atomic mass is 10.3. The molecule has 2 aromatic heterocycles. The summed E-state index contributed by atoms with van der Waals surface area (Å²) in [6.07, 6.45) is 3.80. The van der Waals surface area contributed by atoms with Gasteiger partial charge in [-0.1, -0.05) is 36.0 Å². The molecule has 0 aliphatic rings. The van der Waals surface area contributed by atoms with E-state index < -0.39 is 11.2 Å². The predicted molar refractivity (Wildman–Crippen MR) is 128 cm³/mol. The second kappa shape index (κ2) is 9.13. The van der Waals surface area contributed by atoms with Gasteiger partial charge in [-0.3, -0.25) is 14.2 Å². The summed E-state index contributed by atoms with van der Waals surface area (Å²) in [7, 11) is 0. The van der Waals surface area contributed by atoms with Crippen LogP contribution in [-0.2, 0) is 11.3 Å². The number of aromatic nitrogens is 3. The van der Waals surface area contributed by atoms with Gasteiger partial charge in [0.05, 0.1) is 5.69 Å². The summed E-state index contributed by atoms with van der Waals surface area (Å²) in [6.45, 7) is -0.260. The molecule has 2 aromatic carbocycles. The molecule has 4 aromatic rings. The van der Waals surface area contributed by atoms with Crippen LogP contribution in [0.5, 0.6) is 0 Å². The molecule has 0 radical (unpaired) electrons. The lowest BCUT2D eigenvalue weighted by Gasteiger charge is -2.12. The lowest BCUT2D eigenvalue weighted by Crippen LogP contribution is -2.40. The number of thiazole rings is 1. The number of benzene rings is 2. The Hall–Kier alpha value is -2.82. The summed E-state index contributed by atoms with van der Waals surface area (Å²) < 4.78 is 3.34. The highest BCUT2D eigenvalue weighted by Crippen LogP contribution is 2.25. The van der Waals surface area contributed by atoms with Gasteiger partial charge in [0.15, 0.2) is 9.99 Å². The third-order valence-electron chi connectivity index (χ3n) is 4.51. The molecule has 10 heteroatoms. The number of carbonyl (C=O) groups excluding carboxylic acids is 1. The van der Waals surface area contributed by atoms with E-state index in [9.17, 15) is 14.4 Å². The van der Waals surface area contributed by atoms with Crippen LogP contribution in [0.15, 0.2) is 73.4 Å². The molecule has 4 rings (SSSR count). The van der Waals surface area contributed by atoms with Gasteiger partial charge in [0.2, 0.25) is 5.91 Å². The molecule has 1 N–H and O–H groups in total. The molecule has 0 saturated carbocycles. The van der Waals surface area contributed by atoms with E-state index in [0.29, 0.717) is 20.4 Å². The van der Waals surface area contributed by atoms with Crippen molar-refractivity contribution in [3.63, 3.8) is 0 Å². The van der Waals surface area contributed by atoms with Crippen LogP contribution in [0.25, 0.3) is 16.0 Å². The normalized spacial score (nSPS) is 11.0. The van der Waals surface area contributed by atoms with Crippen molar-refractivity contribution in [3.8, 4) is 5.69 Å². The Labute approximate surface area is 190 Å². The summed E-state index contributed by atoms with van der Waals surface area (Å²) in [5, 5.41) is 2.82. The van der Waals surface area contributed by atoms with Crippen LogP contribution in [0.4, 0.5) is 5.69 Å². The SMILES string of the molecule is CSc1cccc(NC(=O)Cn2c(=O)n(-c3ccccc3)c(=O)c3sc(SC)nc32)c1. The molecule has 2 heterocycles. The van der Waals surface area contributed by atoms with Gasteiger partial charge in [-0.15, -0.1) is 23.1 Å². The van der Waals surface area contributed by atoms with Gasteiger partial charge in [0.25, 0.3) is 5.56 Å². The number of fused-ring (bicyclic) bond motifs is 1. The maximum atomic E-state index is 13.3. The molecule has 0 unspecified atom stereocenters. The second-order valence-corrected chi connectivity index (χ2v) is 9.39. The highest BCUT2D eigenvalue weighted by Gasteiger charge is 2.20. The highest BCUT2D eigenvalue weighted by atomic mass is 32.2. The number of nitrogens with one attached hydrogen (secondary N) is 1. The van der Waals surface area contributed by atoms with E-state index in [2.05, 4.69) is 10.3 Å². The van der Waals surface area contributed by atoms with Gasteiger partial charge >= 0.3 is 5.69 Å². The molecule has 0 saturated heterocycles. The number of rotatable bonds is 6. The van der Waals surface area contributed by atoms with Crippen LogP contribution >= 0.6 is 34.9 Å². The summed E-state index contributed by atoms with van der Waals surface area (Å²) in [6, 6.07) is 16.1. The van der Waals surface area contributed by atoms with Gasteiger partial charge in [-0.2, -0.15) is 0 Å². The number of anilines is 1. The first-order valence-corrected chi connectivity index (χ1v) is 12.5. The third-order valence-corrected chi connectivity index (χ3v) is 7.25. The first kappa shape index (κ1) is 21.4. The van der Waals surface area contributed by atoms with Crippen LogP contribution in [-0.4, -0.2) is 32.5 Å². The topological polar surface area (TPSA) is 86.0 Å². The second-order valence-electron chi connectivity index (χ2n) is 6.46. The zero-order chi connectivity index (χ0) is 22.0. The summed E-state index contributed by atoms with van der Waals surface area (Å²) in [5.41, 5.74) is 0.272. The van der Waals surface area contributed by atoms with Crippen molar-refractivity contribution in [3.05, 3.63) is 75.4 Å². The first-order valence-electron chi connectivity index (χ1n) is 9.21. The van der Waals surface area contributed by atoms with Crippen molar-refractivity contribution < 1.29 is 4.79 Å². The number of hydrogen-bond donors (Lipinski definition) is 1. The molecule has 7 nitrogen and oxygen atoms in total. The van der Waals surface area contributed by atoms with Crippen LogP contribution in [0.3, 0.4) is 0 Å². The Morgan fingerprint density at radius 2 is 1.84 bits per heavy atom. The molecule has 0 bridgehead atoms. The molecule has 0 atom stereocenters. The van der Waals surface area contributed by atoms with Crippen molar-refractivity contribution in [2.75, 3.05) is 17.8 Å². The highest BCUT2D eigenvalue weighted by molar-refractivity contribution is 8.00. The maximum Gasteiger partial charge on any atom is 0.337 e. The monoisotopic (exact) mass is 470 g/mol. The minimum absolute atomic E-state index is 0.226. The van der Waals surface area contributed by atoms with Gasteiger partial charge in [0, 0.05) is 10.6 Å². The molecule has 0 fully saturated rings. The average Bonchev–Trinajstić information content (AvgIpc) is 3.22. The Kier molecular flexibility index (Phi) is 6.30. The summed E-state index contributed by atoms with van der Waals surface area (Å²) in [4.78, 5) is 44.6. The van der Waals surface area contributed by atoms with Crippen LogP contribution in [0.1, 0.15) is 0 Å². The van der Waals surface area contributed by atoms with E-state index in [1.807, 2.05) is 30.7 Å². The Balaban J connectivity index is 1.80. The molecule has 31 heavy (non-hydrogen) atoms. The molecule has 0 aliphatic carbocycles. The minimum Gasteiger partial charge on any atom is -0.324 e. The van der Waals surface area contributed by atoms with Crippen molar-refractivity contribution in [1.29, 1.82) is 0 Å². The molecule has 0 spiro atoms. The van der Waals surface area contributed by atoms with Gasteiger partial charge in [-0.05, 0) is 42.8 Å². The van der Waals surface area contributed by atoms with E-state index in [4.69, 9.17) is 0 Å². The third kappa shape index (κ3) is 4.32. The van der Waals surface area contributed by atoms with E-state index >= 15 is 0 Å². The average molecular weight is 471 g/mol. The minimum atomic E-state index is -0.602. The molecular formula is C21H18N4O3S3. The summed E-state index contributed by atoms with van der Waals surface area (Å²) >= 11 is 4.17. The van der Waals surface area contributed by atoms with Crippen LogP contribution in [0, 0.1) is 0 Å². The van der Waals surface area contributed by atoms with Crippen molar-refractivity contribution in [1.82, 2.24) is 14.1 Å². The van der Waals surface area contributed by atoms with E-state index in [-0.39, 0.29) is 18.1 Å². The quantitative estimate of drug-likeness (QED) is 0.433. The molecule has 1 amide bonds. The Bertz CT molecular complexity index is 1380. The number of para-hydroxylation sites is 1. The van der Waals surface area contributed by atoms with Crippen molar-refractivity contribution >= 4 is 56.8 Å². The van der Waals surface area contributed by atoms with Crippen LogP contribution in [0.2, 0.25) is 0 Å². The molecule has 158 valence electrons. The Morgan fingerprint density at radius 3 is 2.55 bits per heavy atom. The Morgan fingerprint density at radius 1 is 1.06 bits per heavy atom. The fourth-order valence-electron chi connectivity index (χ4n) is 3.09. The van der Waals surface area contributed by atoms with Gasteiger partial charge < -0.3 is 5.32 Å². The zero-order valence-electron chi connectivity index (χ0n) is 16.7. The standard InChI is InChI=1S/C21H18N4O3S3/c1-29-15-10-6-7-13(11-15)22-16(26)12-24-18-17(31-20(23-18)30-2)19(27)25(21(24)28)14-8-4-3-5-9-14/h3-11H,12H2,1-2H3,(H,22,26). The zero-order valence-corrected chi connectivity index (χ0v) is 19.1. The largest absolute Gasteiger partial charge is 0.337 e. The number of thioether (sulfide) groups is 2. The van der Waals surface area contributed by atoms with Crippen LogP contribution < -0.4 is 16.6 Å². The van der Waals surface area contributed by atoms with E-state index in [1.54, 1.807) is 48.2 Å². The number of nitrogens with zero attached hydrogens (tertiary/aromatic N) is 3. The van der Waals surface area contributed by atoms with Crippen molar-refractivity contribution in [2.45, 2.75) is 15.8 Å². The number of hydrogen-bond acceptors (Lipinski definition) is 7. The molecule has 0 aliphatic heterocycles. The fraction of sp³-hybridized carbons (Fsp3) is 0.143. The summed E-state index contributed by atoms with van der Waals surface area (Å²) in [5.74, 6) is -0.376. The van der Waals surface area contributed by atoms with Gasteiger partial charge in [0.1, 0.15) is 11.2 Å². The number of amides is 1. The lowest BCUT2D eigenvalue weighted by molar-refractivity contribution is -0.116. The fourth-order valence-corrected chi connectivity index (χ4v) is 5.05. The predicted octanol–water partition coefficient (Wildman–Crippen LogP) is 3.69. The van der Waals surface area contributed by atoms with Crippen molar-refractivity contribution in [2.24, 2.45) is 0 Å². The molecular weight excluding hydrogens is 452 g/mol.